The highest BCUT2D eigenvalue weighted by atomic mass is 16.4. The van der Waals surface area contributed by atoms with Crippen molar-refractivity contribution in [2.75, 3.05) is 6.54 Å². The van der Waals surface area contributed by atoms with Crippen LogP contribution in [0.2, 0.25) is 0 Å². The van der Waals surface area contributed by atoms with Gasteiger partial charge in [0.05, 0.1) is 12.2 Å². The van der Waals surface area contributed by atoms with Crippen molar-refractivity contribution in [3.8, 4) is 0 Å². The summed E-state index contributed by atoms with van der Waals surface area (Å²) in [6.07, 6.45) is -1.48. The van der Waals surface area contributed by atoms with Crippen molar-refractivity contribution < 1.29 is 15.3 Å². The fraction of sp³-hybridized carbons (Fsp3) is 1.00. The molecule has 0 saturated heterocycles. The Labute approximate surface area is 86.0 Å². The molecule has 3 atom stereocenters. The van der Waals surface area contributed by atoms with E-state index in [0.29, 0.717) is 13.0 Å². The second kappa shape index (κ2) is 7.17. The number of rotatable bonds is 7. The Morgan fingerprint density at radius 2 is 1.64 bits per heavy atom. The molecule has 0 amide bonds. The molecule has 0 aliphatic carbocycles. The molecule has 3 unspecified atom stereocenters. The van der Waals surface area contributed by atoms with E-state index in [0.717, 1.165) is 6.42 Å². The van der Waals surface area contributed by atoms with Gasteiger partial charge in [0.25, 0.3) is 0 Å². The average Bonchev–Trinajstić information content (AvgIpc) is 2.13. The summed E-state index contributed by atoms with van der Waals surface area (Å²) >= 11 is 0. The van der Waals surface area contributed by atoms with E-state index >= 15 is 0 Å². The zero-order valence-corrected chi connectivity index (χ0v) is 9.27. The van der Waals surface area contributed by atoms with E-state index in [1.54, 1.807) is 0 Å². The molecule has 0 aromatic rings. The van der Waals surface area contributed by atoms with Crippen molar-refractivity contribution in [2.45, 2.75) is 58.0 Å². The third kappa shape index (κ3) is 5.54. The predicted molar refractivity (Wildman–Crippen MR) is 56.1 cm³/mol. The molecule has 0 spiro atoms. The summed E-state index contributed by atoms with van der Waals surface area (Å²) < 4.78 is 0. The van der Waals surface area contributed by atoms with E-state index in [2.05, 4.69) is 5.32 Å². The maximum absolute atomic E-state index is 9.49. The minimum atomic E-state index is -1.05. The highest BCUT2D eigenvalue weighted by Gasteiger charge is 2.23. The summed E-state index contributed by atoms with van der Waals surface area (Å²) in [4.78, 5) is 0. The fourth-order valence-corrected chi connectivity index (χ4v) is 1.20. The van der Waals surface area contributed by atoms with Gasteiger partial charge in [-0.25, -0.2) is 0 Å². The van der Waals surface area contributed by atoms with Crippen molar-refractivity contribution in [3.05, 3.63) is 0 Å². The number of hydrogen-bond acceptors (Lipinski definition) is 4. The SMILES string of the molecule is CCCC(O)C(O)C(O)CNC(C)C. The normalized spacial score (nSPS) is 18.2. The molecule has 86 valence electrons. The van der Waals surface area contributed by atoms with E-state index in [-0.39, 0.29) is 6.04 Å². The standard InChI is InChI=1S/C10H23NO3/c1-4-5-8(12)10(14)9(13)6-11-7(2)3/h7-14H,4-6H2,1-3H3. The van der Waals surface area contributed by atoms with Crippen LogP contribution < -0.4 is 5.32 Å². The van der Waals surface area contributed by atoms with Gasteiger partial charge in [0.15, 0.2) is 0 Å². The van der Waals surface area contributed by atoms with Crippen LogP contribution in [-0.2, 0) is 0 Å². The maximum atomic E-state index is 9.49. The molecule has 0 aliphatic heterocycles. The molecule has 0 fully saturated rings. The van der Waals surface area contributed by atoms with Crippen molar-refractivity contribution in [1.82, 2.24) is 5.32 Å². The smallest absolute Gasteiger partial charge is 0.107 e. The summed E-state index contributed by atoms with van der Waals surface area (Å²) in [6.45, 7) is 6.15. The van der Waals surface area contributed by atoms with Gasteiger partial charge in [0.2, 0.25) is 0 Å². The Morgan fingerprint density at radius 3 is 2.07 bits per heavy atom. The Kier molecular flexibility index (Phi) is 7.09. The zero-order chi connectivity index (χ0) is 11.1. The molecule has 0 aliphatic rings. The van der Waals surface area contributed by atoms with Crippen LogP contribution in [0.1, 0.15) is 33.6 Å². The van der Waals surface area contributed by atoms with E-state index in [9.17, 15) is 15.3 Å². The Bertz CT molecular complexity index is 141. The van der Waals surface area contributed by atoms with Crippen LogP contribution in [-0.4, -0.2) is 46.2 Å². The lowest BCUT2D eigenvalue weighted by molar-refractivity contribution is -0.0609. The van der Waals surface area contributed by atoms with Crippen LogP contribution >= 0.6 is 0 Å². The van der Waals surface area contributed by atoms with E-state index in [1.807, 2.05) is 20.8 Å². The lowest BCUT2D eigenvalue weighted by Gasteiger charge is -2.23. The molecule has 0 aromatic heterocycles. The molecule has 0 rings (SSSR count). The predicted octanol–water partition coefficient (Wildman–Crippen LogP) is -0.133. The van der Waals surface area contributed by atoms with Crippen molar-refractivity contribution in [3.63, 3.8) is 0 Å². The van der Waals surface area contributed by atoms with Gasteiger partial charge in [-0.2, -0.15) is 0 Å². The zero-order valence-electron chi connectivity index (χ0n) is 9.27. The Hall–Kier alpha value is -0.160. The molecule has 0 bridgehead atoms. The monoisotopic (exact) mass is 205 g/mol. The molecule has 0 aromatic carbocycles. The average molecular weight is 205 g/mol. The first-order chi connectivity index (χ1) is 6.49. The van der Waals surface area contributed by atoms with Crippen LogP contribution in [0.25, 0.3) is 0 Å². The van der Waals surface area contributed by atoms with Crippen LogP contribution in [0.15, 0.2) is 0 Å². The van der Waals surface area contributed by atoms with Crippen LogP contribution in [0, 0.1) is 0 Å². The van der Waals surface area contributed by atoms with Crippen molar-refractivity contribution in [1.29, 1.82) is 0 Å². The van der Waals surface area contributed by atoms with Gasteiger partial charge in [-0.3, -0.25) is 0 Å². The van der Waals surface area contributed by atoms with E-state index in [4.69, 9.17) is 0 Å². The molecule has 0 saturated carbocycles. The van der Waals surface area contributed by atoms with Gasteiger partial charge in [-0.05, 0) is 6.42 Å². The molecule has 4 N–H and O–H groups in total. The quantitative estimate of drug-likeness (QED) is 0.467. The van der Waals surface area contributed by atoms with Gasteiger partial charge in [-0.15, -0.1) is 0 Å². The lowest BCUT2D eigenvalue weighted by atomic mass is 10.0. The first-order valence-corrected chi connectivity index (χ1v) is 5.26. The van der Waals surface area contributed by atoms with Crippen molar-refractivity contribution in [2.24, 2.45) is 0 Å². The summed E-state index contributed by atoms with van der Waals surface area (Å²) in [5.41, 5.74) is 0. The third-order valence-electron chi connectivity index (χ3n) is 2.11. The van der Waals surface area contributed by atoms with E-state index < -0.39 is 18.3 Å². The molecule has 0 heterocycles. The van der Waals surface area contributed by atoms with Gasteiger partial charge in [-0.1, -0.05) is 27.2 Å². The molecule has 14 heavy (non-hydrogen) atoms. The first kappa shape index (κ1) is 13.8. The minimum Gasteiger partial charge on any atom is -0.390 e. The first-order valence-electron chi connectivity index (χ1n) is 5.26. The highest BCUT2D eigenvalue weighted by molar-refractivity contribution is 4.77. The van der Waals surface area contributed by atoms with Crippen LogP contribution in [0.3, 0.4) is 0 Å². The second-order valence-electron chi connectivity index (χ2n) is 3.98. The number of nitrogens with one attached hydrogen (secondary N) is 1. The summed E-state index contributed by atoms with van der Waals surface area (Å²) in [7, 11) is 0. The summed E-state index contributed by atoms with van der Waals surface area (Å²) in [5.74, 6) is 0. The minimum absolute atomic E-state index is 0.264. The van der Waals surface area contributed by atoms with Gasteiger partial charge in [0, 0.05) is 12.6 Å². The van der Waals surface area contributed by atoms with E-state index in [1.165, 1.54) is 0 Å². The molecular weight excluding hydrogens is 182 g/mol. The van der Waals surface area contributed by atoms with Gasteiger partial charge >= 0.3 is 0 Å². The summed E-state index contributed by atoms with van der Waals surface area (Å²) in [5, 5.41) is 31.4. The van der Waals surface area contributed by atoms with Crippen LogP contribution in [0.5, 0.6) is 0 Å². The fourth-order valence-electron chi connectivity index (χ4n) is 1.20. The topological polar surface area (TPSA) is 72.7 Å². The van der Waals surface area contributed by atoms with Crippen LogP contribution in [0.4, 0.5) is 0 Å². The Morgan fingerprint density at radius 1 is 1.07 bits per heavy atom. The molecular formula is C10H23NO3. The van der Waals surface area contributed by atoms with Gasteiger partial charge in [0.1, 0.15) is 6.10 Å². The Balaban J connectivity index is 3.79. The highest BCUT2D eigenvalue weighted by Crippen LogP contribution is 2.06. The summed E-state index contributed by atoms with van der Waals surface area (Å²) in [6, 6.07) is 0.264. The molecule has 4 nitrogen and oxygen atoms in total. The molecule has 0 radical (unpaired) electrons. The second-order valence-corrected chi connectivity index (χ2v) is 3.98. The maximum Gasteiger partial charge on any atom is 0.107 e. The largest absolute Gasteiger partial charge is 0.390 e. The number of aliphatic hydroxyl groups excluding tert-OH is 3. The number of aliphatic hydroxyl groups is 3. The van der Waals surface area contributed by atoms with Crippen molar-refractivity contribution >= 4 is 0 Å². The lowest BCUT2D eigenvalue weighted by Crippen LogP contribution is -2.44. The third-order valence-corrected chi connectivity index (χ3v) is 2.11. The van der Waals surface area contributed by atoms with Gasteiger partial charge < -0.3 is 20.6 Å². The molecule has 4 heteroatoms. The number of hydrogen-bond donors (Lipinski definition) is 4.